The van der Waals surface area contributed by atoms with Crippen molar-refractivity contribution in [3.05, 3.63) is 21.9 Å². The van der Waals surface area contributed by atoms with Crippen LogP contribution in [0.1, 0.15) is 6.42 Å². The minimum absolute atomic E-state index is 0.175. The zero-order chi connectivity index (χ0) is 10.8. The summed E-state index contributed by atoms with van der Waals surface area (Å²) in [5, 5.41) is 0.874. The minimum atomic E-state index is 0.175. The lowest BCUT2D eigenvalue weighted by atomic mass is 10.2. The summed E-state index contributed by atoms with van der Waals surface area (Å²) in [6.45, 7) is 0.775. The fourth-order valence-corrected chi connectivity index (χ4v) is 2.52. The average Bonchev–Trinajstić information content (AvgIpc) is 2.60. The molecule has 2 rings (SSSR count). The summed E-state index contributed by atoms with van der Waals surface area (Å²) in [6.07, 6.45) is 2.37. The van der Waals surface area contributed by atoms with Gasteiger partial charge in [0.15, 0.2) is 0 Å². The summed E-state index contributed by atoms with van der Waals surface area (Å²) in [7, 11) is 0. The quantitative estimate of drug-likeness (QED) is 0.583. The molecule has 0 saturated carbocycles. The van der Waals surface area contributed by atoms with Gasteiger partial charge in [-0.05, 0) is 40.6 Å². The molecule has 1 atom stereocenters. The second-order valence-electron chi connectivity index (χ2n) is 3.56. The number of alkyl halides is 1. The van der Waals surface area contributed by atoms with Gasteiger partial charge in [0.05, 0.1) is 0 Å². The predicted molar refractivity (Wildman–Crippen MR) is 71.2 cm³/mol. The molecule has 0 N–H and O–H groups in total. The van der Waals surface area contributed by atoms with Crippen molar-refractivity contribution in [3.8, 4) is 0 Å². The lowest BCUT2D eigenvalue weighted by Crippen LogP contribution is -2.25. The third-order valence-corrected chi connectivity index (χ3v) is 3.99. The maximum absolute atomic E-state index is 11.7. The van der Waals surface area contributed by atoms with Crippen LogP contribution in [0.2, 0.25) is 0 Å². The number of carbonyl (C=O) groups excluding carboxylic acids is 1. The first-order valence-electron chi connectivity index (χ1n) is 4.68. The highest BCUT2D eigenvalue weighted by Gasteiger charge is 2.30. The first kappa shape index (κ1) is 11.3. The molecule has 0 spiro atoms. The smallest absolute Gasteiger partial charge is 0.228 e. The molecule has 0 aliphatic carbocycles. The van der Waals surface area contributed by atoms with Crippen molar-refractivity contribution in [2.24, 2.45) is 5.92 Å². The van der Waals surface area contributed by atoms with Gasteiger partial charge in [-0.25, -0.2) is 4.98 Å². The molecule has 1 unspecified atom stereocenters. The summed E-state index contributed by atoms with van der Waals surface area (Å²) in [5.74, 6) is 1.36. The zero-order valence-electron chi connectivity index (χ0n) is 7.99. The summed E-state index contributed by atoms with van der Waals surface area (Å²) in [4.78, 5) is 17.7. The topological polar surface area (TPSA) is 33.2 Å². The molecule has 1 aliphatic rings. The van der Waals surface area contributed by atoms with E-state index in [9.17, 15) is 4.79 Å². The van der Waals surface area contributed by atoms with Crippen molar-refractivity contribution < 1.29 is 4.79 Å². The van der Waals surface area contributed by atoms with Crippen LogP contribution in [-0.4, -0.2) is 22.8 Å². The van der Waals surface area contributed by atoms with E-state index in [-0.39, 0.29) is 5.91 Å². The van der Waals surface area contributed by atoms with Crippen molar-refractivity contribution in [3.63, 3.8) is 0 Å². The van der Waals surface area contributed by atoms with Gasteiger partial charge in [-0.1, -0.05) is 15.9 Å². The van der Waals surface area contributed by atoms with Gasteiger partial charge in [0.1, 0.15) is 5.82 Å². The number of hydrogen-bond acceptors (Lipinski definition) is 2. The van der Waals surface area contributed by atoms with Crippen LogP contribution in [0.25, 0.3) is 0 Å². The van der Waals surface area contributed by atoms with E-state index in [1.54, 1.807) is 11.1 Å². The minimum Gasteiger partial charge on any atom is -0.296 e. The van der Waals surface area contributed by atoms with Gasteiger partial charge < -0.3 is 0 Å². The molecule has 1 aromatic rings. The molecular weight excluding hydrogens is 371 g/mol. The van der Waals surface area contributed by atoms with Gasteiger partial charge in [0, 0.05) is 28.1 Å². The number of pyridine rings is 1. The first-order chi connectivity index (χ1) is 7.20. The molecule has 1 amide bonds. The SMILES string of the molecule is O=C1CC(CBr)CN1c1cc(I)ccn1. The Labute approximate surface area is 111 Å². The lowest BCUT2D eigenvalue weighted by molar-refractivity contribution is -0.117. The second-order valence-corrected chi connectivity index (χ2v) is 5.45. The highest BCUT2D eigenvalue weighted by Crippen LogP contribution is 2.25. The van der Waals surface area contributed by atoms with Crippen LogP contribution < -0.4 is 4.90 Å². The number of hydrogen-bond donors (Lipinski definition) is 0. The summed E-state index contributed by atoms with van der Waals surface area (Å²) >= 11 is 5.64. The molecule has 1 saturated heterocycles. The van der Waals surface area contributed by atoms with Crippen molar-refractivity contribution in [2.75, 3.05) is 16.8 Å². The molecule has 0 bridgehead atoms. The van der Waals surface area contributed by atoms with E-state index in [1.165, 1.54) is 0 Å². The van der Waals surface area contributed by atoms with Crippen LogP contribution in [-0.2, 0) is 4.79 Å². The standard InChI is InChI=1S/C10H10BrIN2O/c11-5-7-3-10(15)14(6-7)9-4-8(12)1-2-13-9/h1-2,4,7H,3,5-6H2. The first-order valence-corrected chi connectivity index (χ1v) is 6.88. The van der Waals surface area contributed by atoms with Gasteiger partial charge in [-0.2, -0.15) is 0 Å². The molecule has 0 radical (unpaired) electrons. The zero-order valence-corrected chi connectivity index (χ0v) is 11.7. The summed E-state index contributed by atoms with van der Waals surface area (Å²) in [5.41, 5.74) is 0. The van der Waals surface area contributed by atoms with E-state index in [1.807, 2.05) is 12.1 Å². The number of rotatable bonds is 2. The highest BCUT2D eigenvalue weighted by atomic mass is 127. The molecule has 1 aliphatic heterocycles. The largest absolute Gasteiger partial charge is 0.296 e. The Morgan fingerprint density at radius 3 is 3.07 bits per heavy atom. The number of amides is 1. The third kappa shape index (κ3) is 2.50. The Balaban J connectivity index is 2.21. The van der Waals surface area contributed by atoms with Crippen molar-refractivity contribution >= 4 is 50.2 Å². The second kappa shape index (κ2) is 4.78. The van der Waals surface area contributed by atoms with E-state index in [0.717, 1.165) is 21.3 Å². The van der Waals surface area contributed by atoms with Gasteiger partial charge in [0.25, 0.3) is 0 Å². The number of halogens is 2. The van der Waals surface area contributed by atoms with E-state index >= 15 is 0 Å². The third-order valence-electron chi connectivity index (χ3n) is 2.41. The van der Waals surface area contributed by atoms with Crippen molar-refractivity contribution in [2.45, 2.75) is 6.42 Å². The van der Waals surface area contributed by atoms with Crippen LogP contribution in [0.3, 0.4) is 0 Å². The number of aromatic nitrogens is 1. The van der Waals surface area contributed by atoms with Gasteiger partial charge in [-0.3, -0.25) is 9.69 Å². The van der Waals surface area contributed by atoms with Crippen LogP contribution >= 0.6 is 38.5 Å². The Bertz CT molecular complexity index is 385. The van der Waals surface area contributed by atoms with Crippen molar-refractivity contribution in [1.29, 1.82) is 0 Å². The van der Waals surface area contributed by atoms with E-state index < -0.39 is 0 Å². The maximum atomic E-state index is 11.7. The van der Waals surface area contributed by atoms with E-state index in [4.69, 9.17) is 0 Å². The normalized spacial score (nSPS) is 21.1. The van der Waals surface area contributed by atoms with Crippen LogP contribution in [0.5, 0.6) is 0 Å². The van der Waals surface area contributed by atoms with Gasteiger partial charge in [-0.15, -0.1) is 0 Å². The monoisotopic (exact) mass is 380 g/mol. The maximum Gasteiger partial charge on any atom is 0.228 e. The Kier molecular flexibility index (Phi) is 3.60. The van der Waals surface area contributed by atoms with Crippen LogP contribution in [0.15, 0.2) is 18.3 Å². The molecule has 3 nitrogen and oxygen atoms in total. The van der Waals surface area contributed by atoms with Crippen molar-refractivity contribution in [1.82, 2.24) is 4.98 Å². The van der Waals surface area contributed by atoms with E-state index in [2.05, 4.69) is 43.5 Å². The van der Waals surface area contributed by atoms with E-state index in [0.29, 0.717) is 12.3 Å². The Morgan fingerprint density at radius 1 is 1.67 bits per heavy atom. The molecule has 1 fully saturated rings. The molecule has 80 valence electrons. The van der Waals surface area contributed by atoms with Crippen LogP contribution in [0.4, 0.5) is 5.82 Å². The number of anilines is 1. The lowest BCUT2D eigenvalue weighted by Gasteiger charge is -2.15. The summed E-state index contributed by atoms with van der Waals surface area (Å²) in [6, 6.07) is 3.86. The molecule has 1 aromatic heterocycles. The Hall–Kier alpha value is -0.170. The van der Waals surface area contributed by atoms with Gasteiger partial charge in [0.2, 0.25) is 5.91 Å². The Morgan fingerprint density at radius 2 is 2.47 bits per heavy atom. The molecular formula is C10H10BrIN2O. The highest BCUT2D eigenvalue weighted by molar-refractivity contribution is 14.1. The van der Waals surface area contributed by atoms with Gasteiger partial charge >= 0.3 is 0 Å². The molecule has 15 heavy (non-hydrogen) atoms. The summed E-state index contributed by atoms with van der Waals surface area (Å²) < 4.78 is 1.10. The fraction of sp³-hybridized carbons (Fsp3) is 0.400. The molecule has 0 aromatic carbocycles. The number of carbonyl (C=O) groups is 1. The average molecular weight is 381 g/mol. The van der Waals surface area contributed by atoms with Crippen LogP contribution in [0, 0.1) is 9.49 Å². The number of nitrogens with zero attached hydrogens (tertiary/aromatic N) is 2. The molecule has 2 heterocycles. The fourth-order valence-electron chi connectivity index (χ4n) is 1.65. The molecule has 5 heteroatoms. The predicted octanol–water partition coefficient (Wildman–Crippen LogP) is 2.43.